The van der Waals surface area contributed by atoms with Crippen molar-refractivity contribution in [2.75, 3.05) is 5.32 Å². The molecule has 1 N–H and O–H groups in total. The first-order chi connectivity index (χ1) is 10.2. The minimum atomic E-state index is -0.486. The quantitative estimate of drug-likeness (QED) is 0.733. The van der Waals surface area contributed by atoms with Crippen LogP contribution in [0.3, 0.4) is 0 Å². The Balaban J connectivity index is 1.82. The maximum Gasteiger partial charge on any atom is 0.417 e. The number of nitrogens with one attached hydrogen (secondary N) is 1. The molecule has 0 unspecified atom stereocenters. The van der Waals surface area contributed by atoms with Gasteiger partial charge in [-0.05, 0) is 30.0 Å². The van der Waals surface area contributed by atoms with Crippen molar-refractivity contribution in [1.29, 1.82) is 0 Å². The van der Waals surface area contributed by atoms with Gasteiger partial charge in [-0.15, -0.1) is 0 Å². The minimum absolute atomic E-state index is 0.486. The third-order valence-corrected chi connectivity index (χ3v) is 3.32. The summed E-state index contributed by atoms with van der Waals surface area (Å²) in [4.78, 5) is 12.0. The standard InChI is InChI=1S/C18H15NO2/c1-13-7-2-5-12-17(13)21-18(20)19-16-11-6-9-14-8-3-4-10-15(14)16/h2-12H,1H3,(H,19,20). The van der Waals surface area contributed by atoms with Crippen molar-refractivity contribution in [3.63, 3.8) is 0 Å². The molecule has 104 valence electrons. The van der Waals surface area contributed by atoms with E-state index in [2.05, 4.69) is 5.32 Å². The number of aryl methyl sites for hydroxylation is 1. The predicted octanol–water partition coefficient (Wildman–Crippen LogP) is 4.76. The van der Waals surface area contributed by atoms with E-state index in [1.165, 1.54) is 0 Å². The largest absolute Gasteiger partial charge is 0.417 e. The van der Waals surface area contributed by atoms with Gasteiger partial charge >= 0.3 is 6.09 Å². The molecule has 0 aliphatic heterocycles. The lowest BCUT2D eigenvalue weighted by molar-refractivity contribution is 0.215. The zero-order valence-electron chi connectivity index (χ0n) is 11.7. The number of anilines is 1. The zero-order valence-corrected chi connectivity index (χ0v) is 11.7. The molecule has 0 atom stereocenters. The molecule has 3 nitrogen and oxygen atoms in total. The van der Waals surface area contributed by atoms with Crippen LogP contribution < -0.4 is 10.1 Å². The highest BCUT2D eigenvalue weighted by molar-refractivity contribution is 6.00. The molecule has 3 rings (SSSR count). The fourth-order valence-corrected chi connectivity index (χ4v) is 2.24. The van der Waals surface area contributed by atoms with Crippen LogP contribution in [0.15, 0.2) is 66.7 Å². The summed E-state index contributed by atoms with van der Waals surface area (Å²) in [6.07, 6.45) is -0.486. The van der Waals surface area contributed by atoms with Gasteiger partial charge in [-0.3, -0.25) is 5.32 Å². The molecule has 0 bridgehead atoms. The molecule has 0 aromatic heterocycles. The minimum Gasteiger partial charge on any atom is -0.410 e. The predicted molar refractivity (Wildman–Crippen MR) is 84.8 cm³/mol. The van der Waals surface area contributed by atoms with Crippen LogP contribution in [0.25, 0.3) is 10.8 Å². The van der Waals surface area contributed by atoms with Crippen LogP contribution in [-0.2, 0) is 0 Å². The third kappa shape index (κ3) is 2.87. The Morgan fingerprint density at radius 1 is 0.905 bits per heavy atom. The molecule has 0 fully saturated rings. The second-order valence-corrected chi connectivity index (χ2v) is 4.81. The normalized spacial score (nSPS) is 10.3. The van der Waals surface area contributed by atoms with Crippen LogP contribution in [0.1, 0.15) is 5.56 Å². The highest BCUT2D eigenvalue weighted by Crippen LogP contribution is 2.23. The summed E-state index contributed by atoms with van der Waals surface area (Å²) in [6, 6.07) is 21.1. The maximum absolute atomic E-state index is 12.0. The van der Waals surface area contributed by atoms with Crippen LogP contribution in [-0.4, -0.2) is 6.09 Å². The van der Waals surface area contributed by atoms with E-state index in [4.69, 9.17) is 4.74 Å². The van der Waals surface area contributed by atoms with Crippen molar-refractivity contribution in [3.8, 4) is 5.75 Å². The highest BCUT2D eigenvalue weighted by Gasteiger charge is 2.08. The molecule has 0 saturated heterocycles. The number of hydrogen-bond donors (Lipinski definition) is 1. The van der Waals surface area contributed by atoms with Crippen LogP contribution >= 0.6 is 0 Å². The van der Waals surface area contributed by atoms with Crippen molar-refractivity contribution < 1.29 is 9.53 Å². The average molecular weight is 277 g/mol. The number of benzene rings is 3. The molecule has 0 aliphatic carbocycles. The monoisotopic (exact) mass is 277 g/mol. The molecule has 0 spiro atoms. The van der Waals surface area contributed by atoms with Gasteiger partial charge in [-0.2, -0.15) is 0 Å². The molecule has 0 saturated carbocycles. The fourth-order valence-electron chi connectivity index (χ4n) is 2.24. The molecule has 3 heteroatoms. The Kier molecular flexibility index (Phi) is 3.56. The molecule has 0 aliphatic rings. The molecule has 21 heavy (non-hydrogen) atoms. The third-order valence-electron chi connectivity index (χ3n) is 3.32. The Morgan fingerprint density at radius 3 is 2.48 bits per heavy atom. The number of carbonyl (C=O) groups excluding carboxylic acids is 1. The lowest BCUT2D eigenvalue weighted by atomic mass is 10.1. The van der Waals surface area contributed by atoms with Crippen molar-refractivity contribution in [2.45, 2.75) is 6.92 Å². The first kappa shape index (κ1) is 13.2. The van der Waals surface area contributed by atoms with Crippen molar-refractivity contribution in [1.82, 2.24) is 0 Å². The van der Waals surface area contributed by atoms with Crippen molar-refractivity contribution in [2.24, 2.45) is 0 Å². The van der Waals surface area contributed by atoms with E-state index in [0.29, 0.717) is 5.75 Å². The Hall–Kier alpha value is -2.81. The number of para-hydroxylation sites is 1. The number of fused-ring (bicyclic) bond motifs is 1. The number of hydrogen-bond acceptors (Lipinski definition) is 2. The smallest absolute Gasteiger partial charge is 0.410 e. The molecule has 3 aromatic rings. The molecule has 0 radical (unpaired) electrons. The average Bonchev–Trinajstić information content (AvgIpc) is 2.50. The van der Waals surface area contributed by atoms with Gasteiger partial charge in [-0.25, -0.2) is 4.79 Å². The summed E-state index contributed by atoms with van der Waals surface area (Å²) in [5.74, 6) is 0.565. The fraction of sp³-hybridized carbons (Fsp3) is 0.0556. The second kappa shape index (κ2) is 5.67. The van der Waals surface area contributed by atoms with E-state index in [1.54, 1.807) is 6.07 Å². The molecule has 1 amide bonds. The van der Waals surface area contributed by atoms with Crippen LogP contribution in [0, 0.1) is 6.92 Å². The lowest BCUT2D eigenvalue weighted by Crippen LogP contribution is -2.17. The first-order valence-corrected chi connectivity index (χ1v) is 6.76. The molecular weight excluding hydrogens is 262 g/mol. The number of carbonyl (C=O) groups is 1. The molecule has 0 heterocycles. The summed E-state index contributed by atoms with van der Waals surface area (Å²) in [5.41, 5.74) is 1.66. The summed E-state index contributed by atoms with van der Waals surface area (Å²) in [5, 5.41) is 4.86. The van der Waals surface area contributed by atoms with Gasteiger partial charge in [0.05, 0.1) is 5.69 Å². The van der Waals surface area contributed by atoms with Gasteiger partial charge in [0.1, 0.15) is 5.75 Å². The number of ether oxygens (including phenoxy) is 1. The summed E-state index contributed by atoms with van der Waals surface area (Å²) < 4.78 is 5.35. The van der Waals surface area contributed by atoms with Gasteiger partial charge in [0, 0.05) is 5.39 Å². The topological polar surface area (TPSA) is 38.3 Å². The van der Waals surface area contributed by atoms with E-state index in [1.807, 2.05) is 67.6 Å². The highest BCUT2D eigenvalue weighted by atomic mass is 16.6. The van der Waals surface area contributed by atoms with Gasteiger partial charge in [0.25, 0.3) is 0 Å². The summed E-state index contributed by atoms with van der Waals surface area (Å²) >= 11 is 0. The van der Waals surface area contributed by atoms with Gasteiger partial charge in [0.15, 0.2) is 0 Å². The van der Waals surface area contributed by atoms with E-state index < -0.39 is 6.09 Å². The number of rotatable bonds is 2. The van der Waals surface area contributed by atoms with Crippen molar-refractivity contribution in [3.05, 3.63) is 72.3 Å². The Labute approximate surface area is 123 Å². The van der Waals surface area contributed by atoms with E-state index in [-0.39, 0.29) is 0 Å². The van der Waals surface area contributed by atoms with Crippen LogP contribution in [0.4, 0.5) is 10.5 Å². The van der Waals surface area contributed by atoms with Gasteiger partial charge in [0.2, 0.25) is 0 Å². The number of amides is 1. The molecular formula is C18H15NO2. The molecule has 3 aromatic carbocycles. The summed E-state index contributed by atoms with van der Waals surface area (Å²) in [6.45, 7) is 1.90. The zero-order chi connectivity index (χ0) is 14.7. The second-order valence-electron chi connectivity index (χ2n) is 4.81. The SMILES string of the molecule is Cc1ccccc1OC(=O)Nc1cccc2ccccc12. The van der Waals surface area contributed by atoms with E-state index in [9.17, 15) is 4.79 Å². The van der Waals surface area contributed by atoms with E-state index in [0.717, 1.165) is 22.0 Å². The van der Waals surface area contributed by atoms with Gasteiger partial charge < -0.3 is 4.74 Å². The Bertz CT molecular complexity index is 791. The van der Waals surface area contributed by atoms with Crippen LogP contribution in [0.5, 0.6) is 5.75 Å². The lowest BCUT2D eigenvalue weighted by Gasteiger charge is -2.10. The van der Waals surface area contributed by atoms with E-state index >= 15 is 0 Å². The van der Waals surface area contributed by atoms with Crippen molar-refractivity contribution >= 4 is 22.6 Å². The first-order valence-electron chi connectivity index (χ1n) is 6.76. The Morgan fingerprint density at radius 2 is 1.62 bits per heavy atom. The summed E-state index contributed by atoms with van der Waals surface area (Å²) in [7, 11) is 0. The van der Waals surface area contributed by atoms with Gasteiger partial charge in [-0.1, -0.05) is 54.6 Å². The maximum atomic E-state index is 12.0. The van der Waals surface area contributed by atoms with Crippen LogP contribution in [0.2, 0.25) is 0 Å².